The zero-order chi connectivity index (χ0) is 12.4. The predicted octanol–water partition coefficient (Wildman–Crippen LogP) is 2.79. The summed E-state index contributed by atoms with van der Waals surface area (Å²) in [5.74, 6) is 1.89. The van der Waals surface area contributed by atoms with Gasteiger partial charge in [-0.2, -0.15) is 5.10 Å². The summed E-state index contributed by atoms with van der Waals surface area (Å²) in [4.78, 5) is 0. The van der Waals surface area contributed by atoms with Crippen LogP contribution in [0.5, 0.6) is 5.75 Å². The van der Waals surface area contributed by atoms with E-state index in [4.69, 9.17) is 10.5 Å². The topological polar surface area (TPSA) is 63.9 Å². The summed E-state index contributed by atoms with van der Waals surface area (Å²) in [7, 11) is 1.68. The van der Waals surface area contributed by atoms with Gasteiger partial charge in [0.1, 0.15) is 11.6 Å². The van der Waals surface area contributed by atoms with Gasteiger partial charge < -0.3 is 10.5 Å². The van der Waals surface area contributed by atoms with Crippen LogP contribution >= 0.6 is 0 Å². The van der Waals surface area contributed by atoms with Gasteiger partial charge in [0.25, 0.3) is 0 Å². The molecule has 3 N–H and O–H groups in total. The van der Waals surface area contributed by atoms with Gasteiger partial charge in [-0.3, -0.25) is 5.10 Å². The van der Waals surface area contributed by atoms with Gasteiger partial charge in [-0.05, 0) is 23.1 Å². The summed E-state index contributed by atoms with van der Waals surface area (Å²) >= 11 is 0. The number of methoxy groups -OCH3 is 1. The van der Waals surface area contributed by atoms with E-state index in [-0.39, 0.29) is 0 Å². The largest absolute Gasteiger partial charge is 0.496 e. The van der Waals surface area contributed by atoms with Crippen LogP contribution in [-0.2, 0) is 0 Å². The number of ether oxygens (including phenoxy) is 1. The van der Waals surface area contributed by atoms with Crippen molar-refractivity contribution in [3.05, 3.63) is 30.0 Å². The van der Waals surface area contributed by atoms with E-state index < -0.39 is 0 Å². The van der Waals surface area contributed by atoms with E-state index in [2.05, 4.69) is 30.1 Å². The summed E-state index contributed by atoms with van der Waals surface area (Å²) in [6.45, 7) is 4.29. The Labute approximate surface area is 101 Å². The molecule has 0 bridgehead atoms. The molecule has 0 saturated carbocycles. The molecule has 0 spiro atoms. The Hall–Kier alpha value is -1.97. The van der Waals surface area contributed by atoms with Crippen molar-refractivity contribution in [2.24, 2.45) is 0 Å². The minimum atomic E-state index is 0.431. The van der Waals surface area contributed by atoms with E-state index in [0.29, 0.717) is 11.7 Å². The van der Waals surface area contributed by atoms with Gasteiger partial charge >= 0.3 is 0 Å². The molecule has 1 aromatic carbocycles. The van der Waals surface area contributed by atoms with Crippen LogP contribution in [0.3, 0.4) is 0 Å². The lowest BCUT2D eigenvalue weighted by molar-refractivity contribution is 0.408. The highest BCUT2D eigenvalue weighted by Crippen LogP contribution is 2.32. The van der Waals surface area contributed by atoms with Crippen LogP contribution in [0.25, 0.3) is 11.1 Å². The fourth-order valence-electron chi connectivity index (χ4n) is 1.88. The van der Waals surface area contributed by atoms with E-state index in [9.17, 15) is 0 Å². The Balaban J connectivity index is 2.49. The van der Waals surface area contributed by atoms with Crippen molar-refractivity contribution in [1.29, 1.82) is 0 Å². The molecule has 90 valence electrons. The highest BCUT2D eigenvalue weighted by Gasteiger charge is 2.11. The molecular weight excluding hydrogens is 214 g/mol. The standard InChI is InChI=1S/C13H17N3O/c1-8(2)10-5-4-9(6-12(10)17-3)11-7-15-16-13(11)14/h4-8H,1-3H3,(H3,14,15,16). The minimum Gasteiger partial charge on any atom is -0.496 e. The molecule has 0 aliphatic carbocycles. The highest BCUT2D eigenvalue weighted by molar-refractivity contribution is 5.74. The average Bonchev–Trinajstić information content (AvgIpc) is 2.74. The van der Waals surface area contributed by atoms with E-state index in [1.807, 2.05) is 12.1 Å². The number of hydrogen-bond donors (Lipinski definition) is 2. The van der Waals surface area contributed by atoms with Crippen LogP contribution in [0, 0.1) is 0 Å². The van der Waals surface area contributed by atoms with E-state index >= 15 is 0 Å². The van der Waals surface area contributed by atoms with Gasteiger partial charge in [-0.1, -0.05) is 26.0 Å². The number of nitrogen functional groups attached to an aromatic ring is 1. The quantitative estimate of drug-likeness (QED) is 0.853. The van der Waals surface area contributed by atoms with Crippen LogP contribution in [0.4, 0.5) is 5.82 Å². The first-order valence-corrected chi connectivity index (χ1v) is 5.60. The third-order valence-corrected chi connectivity index (χ3v) is 2.84. The average molecular weight is 231 g/mol. The molecule has 1 aromatic heterocycles. The maximum atomic E-state index is 5.80. The third-order valence-electron chi connectivity index (χ3n) is 2.84. The number of anilines is 1. The first-order chi connectivity index (χ1) is 8.13. The number of aromatic nitrogens is 2. The molecule has 4 heteroatoms. The van der Waals surface area contributed by atoms with Gasteiger partial charge in [-0.25, -0.2) is 0 Å². The van der Waals surface area contributed by atoms with Crippen molar-refractivity contribution in [2.45, 2.75) is 19.8 Å². The van der Waals surface area contributed by atoms with E-state index in [0.717, 1.165) is 16.9 Å². The van der Waals surface area contributed by atoms with Gasteiger partial charge in [0.2, 0.25) is 0 Å². The van der Waals surface area contributed by atoms with E-state index in [1.54, 1.807) is 13.3 Å². The second kappa shape index (κ2) is 4.49. The molecule has 0 radical (unpaired) electrons. The molecule has 1 heterocycles. The third kappa shape index (κ3) is 2.11. The van der Waals surface area contributed by atoms with Crippen LogP contribution in [0.2, 0.25) is 0 Å². The number of hydrogen-bond acceptors (Lipinski definition) is 3. The van der Waals surface area contributed by atoms with Crippen molar-refractivity contribution in [3.8, 4) is 16.9 Å². The van der Waals surface area contributed by atoms with E-state index in [1.165, 1.54) is 5.56 Å². The molecule has 2 rings (SSSR count). The second-order valence-electron chi connectivity index (χ2n) is 4.31. The Morgan fingerprint density at radius 3 is 2.65 bits per heavy atom. The molecule has 4 nitrogen and oxygen atoms in total. The smallest absolute Gasteiger partial charge is 0.126 e. The summed E-state index contributed by atoms with van der Waals surface area (Å²) in [5, 5.41) is 6.65. The van der Waals surface area contributed by atoms with Gasteiger partial charge in [0, 0.05) is 5.56 Å². The second-order valence-corrected chi connectivity index (χ2v) is 4.31. The van der Waals surface area contributed by atoms with Crippen LogP contribution in [-0.4, -0.2) is 17.3 Å². The summed E-state index contributed by atoms with van der Waals surface area (Å²) in [6, 6.07) is 6.11. The van der Waals surface area contributed by atoms with Gasteiger partial charge in [-0.15, -0.1) is 0 Å². The molecule has 0 aliphatic heterocycles. The number of H-pyrrole nitrogens is 1. The molecule has 17 heavy (non-hydrogen) atoms. The lowest BCUT2D eigenvalue weighted by Gasteiger charge is -2.13. The van der Waals surface area contributed by atoms with Crippen LogP contribution < -0.4 is 10.5 Å². The lowest BCUT2D eigenvalue weighted by atomic mass is 9.98. The first kappa shape index (κ1) is 11.5. The number of nitrogens with two attached hydrogens (primary N) is 1. The number of rotatable bonds is 3. The van der Waals surface area contributed by atoms with Gasteiger partial charge in [0.15, 0.2) is 0 Å². The Kier molecular flexibility index (Phi) is 3.04. The molecule has 2 aromatic rings. The maximum absolute atomic E-state index is 5.80. The predicted molar refractivity (Wildman–Crippen MR) is 69.1 cm³/mol. The highest BCUT2D eigenvalue weighted by atomic mass is 16.5. The first-order valence-electron chi connectivity index (χ1n) is 5.60. The number of nitrogens with one attached hydrogen (secondary N) is 1. The fraction of sp³-hybridized carbons (Fsp3) is 0.308. The fourth-order valence-corrected chi connectivity index (χ4v) is 1.88. The Morgan fingerprint density at radius 1 is 1.35 bits per heavy atom. The van der Waals surface area contributed by atoms with Crippen molar-refractivity contribution < 1.29 is 4.74 Å². The molecule has 0 saturated heterocycles. The Bertz CT molecular complexity index is 517. The summed E-state index contributed by atoms with van der Waals surface area (Å²) < 4.78 is 5.41. The number of nitrogens with zero attached hydrogens (tertiary/aromatic N) is 1. The van der Waals surface area contributed by atoms with Crippen molar-refractivity contribution >= 4 is 5.82 Å². The zero-order valence-corrected chi connectivity index (χ0v) is 10.3. The SMILES string of the molecule is COc1cc(-c2cn[nH]c2N)ccc1C(C)C. The molecule has 0 fully saturated rings. The minimum absolute atomic E-state index is 0.431. The maximum Gasteiger partial charge on any atom is 0.126 e. The van der Waals surface area contributed by atoms with Crippen molar-refractivity contribution in [2.75, 3.05) is 12.8 Å². The molecule has 0 unspecified atom stereocenters. The number of aromatic amines is 1. The summed E-state index contributed by atoms with van der Waals surface area (Å²) in [6.07, 6.45) is 1.72. The van der Waals surface area contributed by atoms with Crippen LogP contribution in [0.15, 0.2) is 24.4 Å². The summed E-state index contributed by atoms with van der Waals surface area (Å²) in [5.41, 5.74) is 8.91. The molecular formula is C13H17N3O. The lowest BCUT2D eigenvalue weighted by Crippen LogP contribution is -1.95. The van der Waals surface area contributed by atoms with Crippen molar-refractivity contribution in [3.63, 3.8) is 0 Å². The van der Waals surface area contributed by atoms with Crippen LogP contribution in [0.1, 0.15) is 25.3 Å². The molecule has 0 atom stereocenters. The number of benzene rings is 1. The normalized spacial score (nSPS) is 10.8. The van der Waals surface area contributed by atoms with Crippen molar-refractivity contribution in [1.82, 2.24) is 10.2 Å². The van der Waals surface area contributed by atoms with Gasteiger partial charge in [0.05, 0.1) is 13.3 Å². The zero-order valence-electron chi connectivity index (χ0n) is 10.3. The monoisotopic (exact) mass is 231 g/mol. The Morgan fingerprint density at radius 2 is 2.12 bits per heavy atom. The molecule has 0 aliphatic rings. The molecule has 0 amide bonds.